The number of sulfonamides is 1. The molecule has 3 aromatic rings. The molecule has 0 radical (unpaired) electrons. The van der Waals surface area contributed by atoms with Crippen LogP contribution < -0.4 is 10.3 Å². The maximum atomic E-state index is 13.5. The van der Waals surface area contributed by atoms with Crippen LogP contribution in [0.5, 0.6) is 0 Å². The van der Waals surface area contributed by atoms with E-state index in [1.54, 1.807) is 11.0 Å². The summed E-state index contributed by atoms with van der Waals surface area (Å²) >= 11 is 17.9. The predicted octanol–water partition coefficient (Wildman–Crippen LogP) is 3.72. The molecular formula is C19H18Cl3N5O4S. The van der Waals surface area contributed by atoms with Crippen LogP contribution in [-0.2, 0) is 10.0 Å². The molecule has 170 valence electrons. The van der Waals surface area contributed by atoms with Gasteiger partial charge in [0, 0.05) is 17.6 Å². The van der Waals surface area contributed by atoms with Crippen LogP contribution in [0.15, 0.2) is 29.1 Å². The van der Waals surface area contributed by atoms with Crippen LogP contribution in [-0.4, -0.2) is 46.6 Å². The van der Waals surface area contributed by atoms with Crippen molar-refractivity contribution in [3.8, 4) is 0 Å². The van der Waals surface area contributed by atoms with E-state index in [4.69, 9.17) is 34.8 Å². The molecule has 0 unspecified atom stereocenters. The van der Waals surface area contributed by atoms with Gasteiger partial charge < -0.3 is 4.90 Å². The van der Waals surface area contributed by atoms with Crippen LogP contribution in [0.1, 0.15) is 41.4 Å². The molecule has 3 heterocycles. The van der Waals surface area contributed by atoms with E-state index in [1.165, 1.54) is 22.7 Å². The van der Waals surface area contributed by atoms with Gasteiger partial charge in [-0.1, -0.05) is 34.8 Å². The second-order valence-electron chi connectivity index (χ2n) is 7.50. The average Bonchev–Trinajstić information content (AvgIpc) is 3.16. The van der Waals surface area contributed by atoms with Gasteiger partial charge in [0.1, 0.15) is 5.02 Å². The van der Waals surface area contributed by atoms with Crippen molar-refractivity contribution in [3.05, 3.63) is 61.1 Å². The molecule has 32 heavy (non-hydrogen) atoms. The summed E-state index contributed by atoms with van der Waals surface area (Å²) in [5.41, 5.74) is 0.586. The van der Waals surface area contributed by atoms with E-state index in [0.717, 1.165) is 19.1 Å². The van der Waals surface area contributed by atoms with Crippen molar-refractivity contribution in [1.82, 2.24) is 19.5 Å². The molecule has 1 atom stereocenters. The fraction of sp³-hybridized carbons (Fsp3) is 0.316. The number of nitrogens with one attached hydrogen (secondary N) is 2. The van der Waals surface area contributed by atoms with E-state index < -0.39 is 27.5 Å². The van der Waals surface area contributed by atoms with Crippen LogP contribution in [0.25, 0.3) is 5.65 Å². The summed E-state index contributed by atoms with van der Waals surface area (Å²) in [6.45, 7) is 0.438. The molecule has 1 amide bonds. The Bertz CT molecular complexity index is 1390. The van der Waals surface area contributed by atoms with Crippen LogP contribution in [0.2, 0.25) is 15.2 Å². The maximum Gasteiger partial charge on any atom is 0.293 e. The number of aromatic nitrogens is 3. The summed E-state index contributed by atoms with van der Waals surface area (Å²) in [4.78, 5) is 31.7. The number of fused-ring (bicyclic) bond motifs is 1. The second-order valence-corrected chi connectivity index (χ2v) is 10.4. The van der Waals surface area contributed by atoms with E-state index in [-0.39, 0.29) is 27.1 Å². The number of aromatic amines is 1. The first kappa shape index (κ1) is 22.9. The number of hydrogen-bond acceptors (Lipinski definition) is 5. The summed E-state index contributed by atoms with van der Waals surface area (Å²) < 4.78 is 27.1. The molecule has 1 aliphatic heterocycles. The minimum atomic E-state index is -3.61. The molecule has 0 bridgehead atoms. The van der Waals surface area contributed by atoms with Gasteiger partial charge in [-0.15, -0.1) is 0 Å². The van der Waals surface area contributed by atoms with Crippen molar-refractivity contribution in [1.29, 1.82) is 0 Å². The van der Waals surface area contributed by atoms with E-state index in [1.807, 2.05) is 0 Å². The first-order chi connectivity index (χ1) is 15.0. The van der Waals surface area contributed by atoms with Gasteiger partial charge in [-0.05, 0) is 37.5 Å². The Morgan fingerprint density at radius 1 is 1.22 bits per heavy atom. The largest absolute Gasteiger partial charge is 0.330 e. The third-order valence-corrected chi connectivity index (χ3v) is 6.71. The van der Waals surface area contributed by atoms with Crippen molar-refractivity contribution in [2.75, 3.05) is 17.5 Å². The number of likely N-dealkylation sites (tertiary alicyclic amines) is 1. The molecule has 4 rings (SSSR count). The number of carbonyl (C=O) groups is 1. The summed E-state index contributed by atoms with van der Waals surface area (Å²) in [5, 5.41) is 2.96. The fourth-order valence-corrected chi connectivity index (χ4v) is 4.84. The SMILES string of the molecule is CS(=O)(=O)Nc1ccc(Cl)cc1C(=O)N1CCCC[C@H]1c1cc2nc(Cl)c(Cl)c(=O)n2[nH]1. The van der Waals surface area contributed by atoms with Gasteiger partial charge in [0.2, 0.25) is 10.0 Å². The molecule has 1 aromatic carbocycles. The molecule has 2 N–H and O–H groups in total. The van der Waals surface area contributed by atoms with Crippen molar-refractivity contribution >= 4 is 62.1 Å². The van der Waals surface area contributed by atoms with Crippen LogP contribution in [0, 0.1) is 0 Å². The van der Waals surface area contributed by atoms with Crippen LogP contribution in [0.3, 0.4) is 0 Å². The van der Waals surface area contributed by atoms with Gasteiger partial charge >= 0.3 is 0 Å². The smallest absolute Gasteiger partial charge is 0.293 e. The first-order valence-electron chi connectivity index (χ1n) is 9.60. The van der Waals surface area contributed by atoms with Gasteiger partial charge in [-0.25, -0.2) is 17.9 Å². The Kier molecular flexibility index (Phi) is 6.15. The Morgan fingerprint density at radius 3 is 2.69 bits per heavy atom. The van der Waals surface area contributed by atoms with Crippen molar-refractivity contribution < 1.29 is 13.2 Å². The number of H-pyrrole nitrogens is 1. The zero-order chi connectivity index (χ0) is 23.2. The Morgan fingerprint density at radius 2 is 1.97 bits per heavy atom. The van der Waals surface area contributed by atoms with E-state index in [2.05, 4.69) is 14.8 Å². The number of halogens is 3. The van der Waals surface area contributed by atoms with E-state index >= 15 is 0 Å². The van der Waals surface area contributed by atoms with Gasteiger partial charge in [0.05, 0.1) is 29.2 Å². The third-order valence-electron chi connectivity index (χ3n) is 5.17. The first-order valence-corrected chi connectivity index (χ1v) is 12.6. The molecule has 1 aliphatic rings. The molecule has 0 aliphatic carbocycles. The molecule has 0 saturated carbocycles. The lowest BCUT2D eigenvalue weighted by Gasteiger charge is -2.35. The molecule has 1 fully saturated rings. The highest BCUT2D eigenvalue weighted by Gasteiger charge is 2.32. The van der Waals surface area contributed by atoms with Crippen molar-refractivity contribution in [3.63, 3.8) is 0 Å². The lowest BCUT2D eigenvalue weighted by molar-refractivity contribution is 0.0607. The summed E-state index contributed by atoms with van der Waals surface area (Å²) in [7, 11) is -3.61. The van der Waals surface area contributed by atoms with Gasteiger partial charge in [0.15, 0.2) is 10.8 Å². The zero-order valence-electron chi connectivity index (χ0n) is 16.7. The van der Waals surface area contributed by atoms with Crippen molar-refractivity contribution in [2.45, 2.75) is 25.3 Å². The number of rotatable bonds is 4. The highest BCUT2D eigenvalue weighted by atomic mass is 35.5. The average molecular weight is 519 g/mol. The lowest BCUT2D eigenvalue weighted by Crippen LogP contribution is -2.39. The molecule has 13 heteroatoms. The molecule has 9 nitrogen and oxygen atoms in total. The summed E-state index contributed by atoms with van der Waals surface area (Å²) in [6.07, 6.45) is 3.26. The van der Waals surface area contributed by atoms with E-state index in [0.29, 0.717) is 23.7 Å². The topological polar surface area (TPSA) is 117 Å². The molecular weight excluding hydrogens is 501 g/mol. The number of amides is 1. The van der Waals surface area contributed by atoms with Crippen LogP contribution >= 0.6 is 34.8 Å². The summed E-state index contributed by atoms with van der Waals surface area (Å²) in [5.74, 6) is -0.390. The number of benzene rings is 1. The maximum absolute atomic E-state index is 13.5. The number of piperidine rings is 1. The molecule has 2 aromatic heterocycles. The monoisotopic (exact) mass is 517 g/mol. The van der Waals surface area contributed by atoms with Crippen LogP contribution in [0.4, 0.5) is 5.69 Å². The minimum Gasteiger partial charge on any atom is -0.330 e. The van der Waals surface area contributed by atoms with Gasteiger partial charge in [-0.3, -0.25) is 19.4 Å². The molecule has 1 saturated heterocycles. The predicted molar refractivity (Wildman–Crippen MR) is 123 cm³/mol. The van der Waals surface area contributed by atoms with Gasteiger partial charge in [-0.2, -0.15) is 0 Å². The Hall–Kier alpha value is -2.27. The third kappa shape index (κ3) is 4.45. The lowest BCUT2D eigenvalue weighted by atomic mass is 9.98. The normalized spacial score (nSPS) is 17.0. The molecule has 0 spiro atoms. The Balaban J connectivity index is 1.76. The number of nitrogens with zero attached hydrogens (tertiary/aromatic N) is 3. The van der Waals surface area contributed by atoms with Gasteiger partial charge in [0.25, 0.3) is 11.5 Å². The number of anilines is 1. The quantitative estimate of drug-likeness (QED) is 0.511. The van der Waals surface area contributed by atoms with E-state index in [9.17, 15) is 18.0 Å². The number of hydrogen-bond donors (Lipinski definition) is 2. The number of carbonyl (C=O) groups excluding carboxylic acids is 1. The highest BCUT2D eigenvalue weighted by Crippen LogP contribution is 2.34. The Labute approximate surface area is 198 Å². The van der Waals surface area contributed by atoms with Crippen molar-refractivity contribution in [2.24, 2.45) is 0 Å². The standard InChI is InChI=1S/C19H18Cl3N5O4S/c1-32(30,31)25-12-6-5-10(20)8-11(12)18(28)26-7-3-2-4-14(26)13-9-15-23-17(22)16(21)19(29)27(15)24-13/h5-6,8-9,14,24-25H,2-4,7H2,1H3/t14-/m0/s1. The fourth-order valence-electron chi connectivity index (χ4n) is 3.80. The second kappa shape index (κ2) is 8.58. The minimum absolute atomic E-state index is 0.103. The summed E-state index contributed by atoms with van der Waals surface area (Å²) in [6, 6.07) is 5.63. The highest BCUT2D eigenvalue weighted by molar-refractivity contribution is 7.92. The zero-order valence-corrected chi connectivity index (χ0v) is 19.8.